The summed E-state index contributed by atoms with van der Waals surface area (Å²) in [5.41, 5.74) is 0.950. The van der Waals surface area contributed by atoms with Gasteiger partial charge in [0.15, 0.2) is 0 Å². The van der Waals surface area contributed by atoms with Gasteiger partial charge in [-0.1, -0.05) is 36.4 Å². The first kappa shape index (κ1) is 11.1. The molecule has 0 saturated carbocycles. The van der Waals surface area contributed by atoms with E-state index in [0.29, 0.717) is 5.88 Å². The Kier molecular flexibility index (Phi) is 3.65. The molecule has 0 bridgehead atoms. The number of rotatable bonds is 3. The predicted octanol–water partition coefficient (Wildman–Crippen LogP) is 2.70. The molecule has 0 atom stereocenters. The van der Waals surface area contributed by atoms with Crippen molar-refractivity contribution in [2.45, 2.75) is 0 Å². The summed E-state index contributed by atoms with van der Waals surface area (Å²) < 4.78 is 5.00. The molecule has 2 rings (SSSR count). The summed E-state index contributed by atoms with van der Waals surface area (Å²) in [5.74, 6) is -0.136. The van der Waals surface area contributed by atoms with E-state index < -0.39 is 5.97 Å². The molecule has 0 radical (unpaired) electrons. The number of hydrogen-bond acceptors (Lipinski definition) is 3. The summed E-state index contributed by atoms with van der Waals surface area (Å²) in [7, 11) is 0. The maximum atomic E-state index is 11.4. The van der Waals surface area contributed by atoms with Crippen molar-refractivity contribution in [3.63, 3.8) is 0 Å². The van der Waals surface area contributed by atoms with Crippen LogP contribution in [0.5, 0.6) is 5.88 Å². The molecule has 0 N–H and O–H groups in total. The normalized spacial score (nSPS) is 10.4. The van der Waals surface area contributed by atoms with Crippen LogP contribution >= 0.6 is 0 Å². The van der Waals surface area contributed by atoms with E-state index >= 15 is 0 Å². The van der Waals surface area contributed by atoms with Crippen LogP contribution in [-0.2, 0) is 4.79 Å². The highest BCUT2D eigenvalue weighted by atomic mass is 16.5. The molecule has 0 aliphatic heterocycles. The number of nitrogens with zero attached hydrogens (tertiary/aromatic N) is 1. The lowest BCUT2D eigenvalue weighted by atomic mass is 10.2. The van der Waals surface area contributed by atoms with Crippen molar-refractivity contribution in [3.05, 3.63) is 66.4 Å². The number of hydrogen-bond donors (Lipinski definition) is 0. The Morgan fingerprint density at radius 3 is 2.53 bits per heavy atom. The van der Waals surface area contributed by atoms with Crippen LogP contribution < -0.4 is 4.74 Å². The number of carbonyl (C=O) groups is 1. The molecule has 2 aromatic rings. The summed E-state index contributed by atoms with van der Waals surface area (Å²) in [6.45, 7) is 0. The molecule has 0 spiro atoms. The van der Waals surface area contributed by atoms with Gasteiger partial charge in [-0.2, -0.15) is 0 Å². The SMILES string of the molecule is O=C(C=Cc1ccccc1)Oc1ccccn1. The average molecular weight is 225 g/mol. The highest BCUT2D eigenvalue weighted by Gasteiger charge is 1.99. The maximum absolute atomic E-state index is 11.4. The fourth-order valence-corrected chi connectivity index (χ4v) is 1.27. The van der Waals surface area contributed by atoms with Crippen molar-refractivity contribution in [2.24, 2.45) is 0 Å². The summed E-state index contributed by atoms with van der Waals surface area (Å²) >= 11 is 0. The lowest BCUT2D eigenvalue weighted by molar-refractivity contribution is -0.129. The van der Waals surface area contributed by atoms with Gasteiger partial charge in [-0.3, -0.25) is 0 Å². The zero-order chi connectivity index (χ0) is 11.9. The van der Waals surface area contributed by atoms with Gasteiger partial charge < -0.3 is 4.74 Å². The second-order valence-electron chi connectivity index (χ2n) is 3.33. The Hall–Kier alpha value is -2.42. The Bertz CT molecular complexity index is 506. The standard InChI is InChI=1S/C14H11NO2/c16-14(17-13-8-4-5-11-15-13)10-9-12-6-2-1-3-7-12/h1-11H. The van der Waals surface area contributed by atoms with Crippen molar-refractivity contribution in [1.29, 1.82) is 0 Å². The van der Waals surface area contributed by atoms with Gasteiger partial charge in [-0.25, -0.2) is 9.78 Å². The second kappa shape index (κ2) is 5.61. The fraction of sp³-hybridized carbons (Fsp3) is 0. The molecule has 1 heterocycles. The summed E-state index contributed by atoms with van der Waals surface area (Å²) in [6.07, 6.45) is 4.65. The molecular weight excluding hydrogens is 214 g/mol. The smallest absolute Gasteiger partial charge is 0.337 e. The van der Waals surface area contributed by atoms with E-state index in [1.165, 1.54) is 6.08 Å². The van der Waals surface area contributed by atoms with Gasteiger partial charge in [0.2, 0.25) is 5.88 Å². The Morgan fingerprint density at radius 2 is 1.82 bits per heavy atom. The summed E-state index contributed by atoms with van der Waals surface area (Å²) in [4.78, 5) is 15.3. The van der Waals surface area contributed by atoms with Crippen LogP contribution in [0.15, 0.2) is 60.8 Å². The predicted molar refractivity (Wildman–Crippen MR) is 65.3 cm³/mol. The quantitative estimate of drug-likeness (QED) is 0.595. The molecule has 0 unspecified atom stereocenters. The minimum Gasteiger partial charge on any atom is -0.404 e. The first-order valence-corrected chi connectivity index (χ1v) is 5.20. The first-order valence-electron chi connectivity index (χ1n) is 5.20. The Labute approximate surface area is 99.4 Å². The van der Waals surface area contributed by atoms with Crippen LogP contribution in [0.1, 0.15) is 5.56 Å². The number of aromatic nitrogens is 1. The van der Waals surface area contributed by atoms with E-state index in [2.05, 4.69) is 4.98 Å². The Morgan fingerprint density at radius 1 is 1.06 bits per heavy atom. The zero-order valence-electron chi connectivity index (χ0n) is 9.11. The van der Waals surface area contributed by atoms with Crippen LogP contribution in [0.2, 0.25) is 0 Å². The van der Waals surface area contributed by atoms with Crippen LogP contribution in [-0.4, -0.2) is 11.0 Å². The molecule has 0 saturated heterocycles. The van der Waals surface area contributed by atoms with Gasteiger partial charge >= 0.3 is 5.97 Å². The number of esters is 1. The minimum atomic E-state index is -0.437. The van der Waals surface area contributed by atoms with Gasteiger partial charge in [0, 0.05) is 18.3 Å². The van der Waals surface area contributed by atoms with E-state index in [-0.39, 0.29) is 0 Å². The monoisotopic (exact) mass is 225 g/mol. The molecule has 1 aromatic carbocycles. The average Bonchev–Trinajstić information content (AvgIpc) is 2.39. The van der Waals surface area contributed by atoms with Gasteiger partial charge in [-0.05, 0) is 17.7 Å². The van der Waals surface area contributed by atoms with Gasteiger partial charge in [0.25, 0.3) is 0 Å². The fourth-order valence-electron chi connectivity index (χ4n) is 1.27. The molecule has 3 heteroatoms. The number of benzene rings is 1. The first-order chi connectivity index (χ1) is 8.34. The molecule has 0 aliphatic carbocycles. The molecule has 0 aliphatic rings. The van der Waals surface area contributed by atoms with Crippen molar-refractivity contribution in [3.8, 4) is 5.88 Å². The molecule has 0 amide bonds. The zero-order valence-corrected chi connectivity index (χ0v) is 9.11. The van der Waals surface area contributed by atoms with Crippen molar-refractivity contribution in [1.82, 2.24) is 4.98 Å². The van der Waals surface area contributed by atoms with Crippen LogP contribution in [0.25, 0.3) is 6.08 Å². The van der Waals surface area contributed by atoms with E-state index in [1.807, 2.05) is 30.3 Å². The van der Waals surface area contributed by atoms with E-state index in [1.54, 1.807) is 30.5 Å². The molecular formula is C14H11NO2. The summed E-state index contributed by atoms with van der Waals surface area (Å²) in [6, 6.07) is 14.7. The molecule has 17 heavy (non-hydrogen) atoms. The van der Waals surface area contributed by atoms with E-state index in [0.717, 1.165) is 5.56 Å². The molecule has 1 aromatic heterocycles. The van der Waals surface area contributed by atoms with Crippen molar-refractivity contribution < 1.29 is 9.53 Å². The number of ether oxygens (including phenoxy) is 1. The van der Waals surface area contributed by atoms with Gasteiger partial charge in [0.1, 0.15) is 0 Å². The summed E-state index contributed by atoms with van der Waals surface area (Å²) in [5, 5.41) is 0. The van der Waals surface area contributed by atoms with E-state index in [4.69, 9.17) is 4.74 Å². The molecule has 3 nitrogen and oxygen atoms in total. The minimum absolute atomic E-state index is 0.301. The molecule has 84 valence electrons. The van der Waals surface area contributed by atoms with Crippen LogP contribution in [0.3, 0.4) is 0 Å². The van der Waals surface area contributed by atoms with Gasteiger partial charge in [0.05, 0.1) is 0 Å². The highest BCUT2D eigenvalue weighted by Crippen LogP contribution is 2.05. The third kappa shape index (κ3) is 3.57. The largest absolute Gasteiger partial charge is 0.404 e. The third-order valence-corrected chi connectivity index (χ3v) is 2.05. The van der Waals surface area contributed by atoms with E-state index in [9.17, 15) is 4.79 Å². The third-order valence-electron chi connectivity index (χ3n) is 2.05. The topological polar surface area (TPSA) is 39.2 Å². The van der Waals surface area contributed by atoms with Crippen LogP contribution in [0.4, 0.5) is 0 Å². The highest BCUT2D eigenvalue weighted by molar-refractivity contribution is 5.88. The van der Waals surface area contributed by atoms with Crippen molar-refractivity contribution in [2.75, 3.05) is 0 Å². The van der Waals surface area contributed by atoms with Gasteiger partial charge in [-0.15, -0.1) is 0 Å². The Balaban J connectivity index is 1.96. The molecule has 0 fully saturated rings. The number of pyridine rings is 1. The lowest BCUT2D eigenvalue weighted by Gasteiger charge is -1.98. The lowest BCUT2D eigenvalue weighted by Crippen LogP contribution is -2.04. The number of carbonyl (C=O) groups excluding carboxylic acids is 1. The second-order valence-corrected chi connectivity index (χ2v) is 3.33. The van der Waals surface area contributed by atoms with Crippen LogP contribution in [0, 0.1) is 0 Å². The maximum Gasteiger partial charge on any atom is 0.337 e. The van der Waals surface area contributed by atoms with Crippen molar-refractivity contribution >= 4 is 12.0 Å².